The molecule has 2 fully saturated rings. The Bertz CT molecular complexity index is 563. The number of likely N-dealkylation sites (tertiary alicyclic amines) is 1. The smallest absolute Gasteiger partial charge is 0.0322 e. The Labute approximate surface area is 128 Å². The summed E-state index contributed by atoms with van der Waals surface area (Å²) in [5.74, 6) is 1.43. The van der Waals surface area contributed by atoms with Gasteiger partial charge in [-0.3, -0.25) is 9.11 Å². The van der Waals surface area contributed by atoms with E-state index in [0.717, 1.165) is 25.2 Å². The van der Waals surface area contributed by atoms with Gasteiger partial charge in [0.25, 0.3) is 0 Å². The first-order chi connectivity index (χ1) is 10.1. The third-order valence-electron chi connectivity index (χ3n) is 5.16. The van der Waals surface area contributed by atoms with E-state index in [4.69, 9.17) is 0 Å². The molecule has 21 heavy (non-hydrogen) atoms. The number of rotatable bonds is 6. The Kier molecular flexibility index (Phi) is 4.01. The van der Waals surface area contributed by atoms with Crippen LogP contribution in [0.25, 0.3) is 0 Å². The number of hydrogen-bond acceptors (Lipinski definition) is 3. The van der Waals surface area contributed by atoms with Gasteiger partial charge in [-0.15, -0.1) is 6.58 Å². The van der Waals surface area contributed by atoms with Crippen molar-refractivity contribution >= 4 is 11.3 Å². The molecule has 3 atom stereocenters. The van der Waals surface area contributed by atoms with Gasteiger partial charge in [0, 0.05) is 42.9 Å². The molecule has 0 bridgehead atoms. The molecular weight excluding hydrogens is 284 g/mol. The van der Waals surface area contributed by atoms with Crippen LogP contribution < -0.4 is 4.72 Å². The average Bonchev–Trinajstić information content (AvgIpc) is 2.85. The maximum absolute atomic E-state index is 10.6. The van der Waals surface area contributed by atoms with E-state index in [1.165, 1.54) is 5.56 Å². The van der Waals surface area contributed by atoms with Crippen LogP contribution >= 0.6 is 0 Å². The van der Waals surface area contributed by atoms with Crippen molar-refractivity contribution in [2.45, 2.75) is 18.9 Å². The quantitative estimate of drug-likeness (QED) is 0.641. The average molecular weight is 305 g/mol. The van der Waals surface area contributed by atoms with Crippen LogP contribution in [-0.4, -0.2) is 33.3 Å². The molecule has 1 heterocycles. The van der Waals surface area contributed by atoms with Gasteiger partial charge in [0.1, 0.15) is 0 Å². The molecule has 3 rings (SSSR count). The molecule has 0 aromatic heterocycles. The van der Waals surface area contributed by atoms with Crippen molar-refractivity contribution in [3.63, 3.8) is 0 Å². The molecule has 0 amide bonds. The van der Waals surface area contributed by atoms with E-state index in [1.54, 1.807) is 0 Å². The first-order valence-electron chi connectivity index (χ1n) is 7.31. The van der Waals surface area contributed by atoms with Gasteiger partial charge in [-0.05, 0) is 23.0 Å². The zero-order chi connectivity index (χ0) is 15.0. The zero-order valence-corrected chi connectivity index (χ0v) is 13.1. The largest absolute Gasteiger partial charge is 0.760 e. The fraction of sp³-hybridized carbons (Fsp3) is 0.500. The van der Waals surface area contributed by atoms with Crippen molar-refractivity contribution in [2.75, 3.05) is 19.6 Å². The predicted molar refractivity (Wildman–Crippen MR) is 83.2 cm³/mol. The van der Waals surface area contributed by atoms with Crippen LogP contribution in [0.5, 0.6) is 0 Å². The summed E-state index contributed by atoms with van der Waals surface area (Å²) in [4.78, 5) is 2.45. The Morgan fingerprint density at radius 2 is 2.24 bits per heavy atom. The number of nitrogens with one attached hydrogen (secondary N) is 1. The minimum Gasteiger partial charge on any atom is -0.760 e. The fourth-order valence-corrected chi connectivity index (χ4v) is 4.17. The minimum absolute atomic E-state index is 0.254. The third-order valence-corrected chi connectivity index (χ3v) is 5.54. The molecule has 4 nitrogen and oxygen atoms in total. The van der Waals surface area contributed by atoms with Crippen LogP contribution in [0.1, 0.15) is 18.1 Å². The summed E-state index contributed by atoms with van der Waals surface area (Å²) in [6.07, 6.45) is 1.97. The predicted octanol–water partition coefficient (Wildman–Crippen LogP) is 1.58. The van der Waals surface area contributed by atoms with Gasteiger partial charge in [-0.25, -0.2) is 4.72 Å². The van der Waals surface area contributed by atoms with E-state index in [0.29, 0.717) is 18.4 Å². The second-order valence-corrected chi connectivity index (χ2v) is 7.02. The Hall–Kier alpha value is -1.01. The summed E-state index contributed by atoms with van der Waals surface area (Å²) < 4.78 is 23.6. The second-order valence-electron chi connectivity index (χ2n) is 6.26. The summed E-state index contributed by atoms with van der Waals surface area (Å²) in [5.41, 5.74) is 2.61. The zero-order valence-electron chi connectivity index (χ0n) is 12.2. The molecule has 1 saturated heterocycles. The van der Waals surface area contributed by atoms with Gasteiger partial charge in [-0.2, -0.15) is 0 Å². The van der Waals surface area contributed by atoms with Crippen LogP contribution in [0.3, 0.4) is 0 Å². The summed E-state index contributed by atoms with van der Waals surface area (Å²) >= 11 is -2.21. The standard InChI is InChI=1S/C16H22N2O2S/c1-3-7-18-10-14-15(11-18)16(14,2)13-6-4-5-12(8-13)9-17-21(19)20/h3-6,8,14-15,17H,1,7,9-11H2,2H3,(H,19,20)/p-1. The van der Waals surface area contributed by atoms with Crippen molar-refractivity contribution in [1.82, 2.24) is 9.62 Å². The van der Waals surface area contributed by atoms with E-state index in [9.17, 15) is 8.76 Å². The number of nitrogens with zero attached hydrogens (tertiary/aromatic N) is 1. The highest BCUT2D eigenvalue weighted by molar-refractivity contribution is 7.77. The first-order valence-corrected chi connectivity index (χ1v) is 8.38. The molecule has 1 aliphatic carbocycles. The number of benzene rings is 1. The molecule has 2 aliphatic rings. The SMILES string of the molecule is C=CCN1CC2C(C1)C2(C)c1cccc(CNS(=O)[O-])c1. The highest BCUT2D eigenvalue weighted by atomic mass is 32.2. The van der Waals surface area contributed by atoms with Crippen molar-refractivity contribution < 1.29 is 8.76 Å². The van der Waals surface area contributed by atoms with E-state index in [-0.39, 0.29) is 5.41 Å². The summed E-state index contributed by atoms with van der Waals surface area (Å²) in [5, 5.41) is 0. The monoisotopic (exact) mass is 305 g/mol. The maximum atomic E-state index is 10.6. The third kappa shape index (κ3) is 2.71. The Morgan fingerprint density at radius 3 is 2.86 bits per heavy atom. The molecule has 1 aromatic rings. The van der Waals surface area contributed by atoms with E-state index >= 15 is 0 Å². The van der Waals surface area contributed by atoms with Crippen molar-refractivity contribution in [2.24, 2.45) is 11.8 Å². The van der Waals surface area contributed by atoms with Gasteiger partial charge in [0.05, 0.1) is 0 Å². The van der Waals surface area contributed by atoms with Gasteiger partial charge in [0.2, 0.25) is 0 Å². The number of hydrogen-bond donors (Lipinski definition) is 1. The maximum Gasteiger partial charge on any atom is 0.0322 e. The van der Waals surface area contributed by atoms with Gasteiger partial charge >= 0.3 is 0 Å². The molecule has 5 heteroatoms. The molecule has 1 aliphatic heterocycles. The lowest BCUT2D eigenvalue weighted by Crippen LogP contribution is -2.29. The Morgan fingerprint density at radius 1 is 1.52 bits per heavy atom. The fourth-order valence-electron chi connectivity index (χ4n) is 3.88. The van der Waals surface area contributed by atoms with Crippen molar-refractivity contribution in [1.29, 1.82) is 0 Å². The highest BCUT2D eigenvalue weighted by Crippen LogP contribution is 2.63. The van der Waals surface area contributed by atoms with Gasteiger partial charge in [0.15, 0.2) is 0 Å². The van der Waals surface area contributed by atoms with Crippen LogP contribution in [0.4, 0.5) is 0 Å². The minimum atomic E-state index is -2.21. The lowest BCUT2D eigenvalue weighted by molar-refractivity contribution is 0.304. The topological polar surface area (TPSA) is 55.4 Å². The van der Waals surface area contributed by atoms with Crippen LogP contribution in [-0.2, 0) is 23.2 Å². The molecule has 1 aromatic carbocycles. The normalized spacial score (nSPS) is 32.7. The number of piperidine rings is 1. The molecule has 1 saturated carbocycles. The van der Waals surface area contributed by atoms with Gasteiger partial charge in [-0.1, -0.05) is 37.3 Å². The molecule has 114 valence electrons. The van der Waals surface area contributed by atoms with Crippen LogP contribution in [0.2, 0.25) is 0 Å². The highest BCUT2D eigenvalue weighted by Gasteiger charge is 2.65. The molecule has 0 spiro atoms. The van der Waals surface area contributed by atoms with Crippen molar-refractivity contribution in [3.05, 3.63) is 48.0 Å². The summed E-state index contributed by atoms with van der Waals surface area (Å²) in [7, 11) is 0. The van der Waals surface area contributed by atoms with Gasteiger partial charge < -0.3 is 4.55 Å². The molecule has 0 radical (unpaired) electrons. The lowest BCUT2D eigenvalue weighted by Gasteiger charge is -2.23. The van der Waals surface area contributed by atoms with E-state index < -0.39 is 11.3 Å². The molecule has 3 unspecified atom stereocenters. The molecular formula is C16H21N2O2S-. The van der Waals surface area contributed by atoms with E-state index in [1.807, 2.05) is 18.2 Å². The summed E-state index contributed by atoms with van der Waals surface area (Å²) in [6, 6.07) is 8.32. The summed E-state index contributed by atoms with van der Waals surface area (Å²) in [6.45, 7) is 9.76. The second kappa shape index (κ2) is 5.65. The first kappa shape index (κ1) is 14.9. The van der Waals surface area contributed by atoms with Crippen LogP contribution in [0.15, 0.2) is 36.9 Å². The number of fused-ring (bicyclic) bond motifs is 1. The van der Waals surface area contributed by atoms with E-state index in [2.05, 4.69) is 35.3 Å². The van der Waals surface area contributed by atoms with Crippen molar-refractivity contribution in [3.8, 4) is 0 Å². The molecule has 1 N–H and O–H groups in total. The van der Waals surface area contributed by atoms with Crippen LogP contribution in [0, 0.1) is 11.8 Å². The lowest BCUT2D eigenvalue weighted by atomic mass is 9.91. The Balaban J connectivity index is 1.70.